The van der Waals surface area contributed by atoms with Crippen LogP contribution in [0.3, 0.4) is 0 Å². The van der Waals surface area contributed by atoms with E-state index in [1.54, 1.807) is 6.92 Å². The lowest BCUT2D eigenvalue weighted by Crippen LogP contribution is -2.07. The van der Waals surface area contributed by atoms with Crippen molar-refractivity contribution >= 4 is 0 Å². The second-order valence-electron chi connectivity index (χ2n) is 1.26. The van der Waals surface area contributed by atoms with Gasteiger partial charge < -0.3 is 0 Å². The first-order valence-corrected chi connectivity index (χ1v) is 1.72. The summed E-state index contributed by atoms with van der Waals surface area (Å²) >= 11 is 0. The Morgan fingerprint density at radius 2 is 2.00 bits per heavy atom. The first-order chi connectivity index (χ1) is 2.64. The maximum absolute atomic E-state index is 8.36. The van der Waals surface area contributed by atoms with E-state index in [9.17, 15) is 0 Å². The van der Waals surface area contributed by atoms with Gasteiger partial charge in [-0.05, 0) is 6.92 Å². The molecule has 0 aromatic heterocycles. The van der Waals surface area contributed by atoms with E-state index in [-0.39, 0.29) is 0 Å². The van der Waals surface area contributed by atoms with Crippen molar-refractivity contribution < 1.29 is 5.21 Å². The molecule has 0 heterocycles. The normalized spacial score (nSPS) is 7.83. The molecule has 0 saturated heterocycles. The average Bonchev–Trinajstić information content (AvgIpc) is 1.36. The monoisotopic (exact) mass is 87.1 g/mol. The second-order valence-corrected chi connectivity index (χ2v) is 1.26. The van der Waals surface area contributed by atoms with Crippen LogP contribution in [0.4, 0.5) is 0 Å². The van der Waals surface area contributed by atoms with E-state index < -0.39 is 0 Å². The van der Waals surface area contributed by atoms with Crippen LogP contribution in [-0.2, 0) is 0 Å². The molecule has 2 heteroatoms. The Kier molecular flexibility index (Phi) is 1.67. The minimum absolute atomic E-state index is 0.648. The molecule has 0 fully saturated rings. The Morgan fingerprint density at radius 1 is 1.83 bits per heavy atom. The highest BCUT2D eigenvalue weighted by Crippen LogP contribution is 1.86. The minimum atomic E-state index is 0.648. The standard InChI is InChI=1S/C4H9NO/c1-4(2)5(3)6/h6H,1H2,2-3H3. The zero-order valence-electron chi connectivity index (χ0n) is 4.10. The topological polar surface area (TPSA) is 23.5 Å². The lowest BCUT2D eigenvalue weighted by atomic mass is 10.6. The largest absolute Gasteiger partial charge is 0.289 e. The van der Waals surface area contributed by atoms with Crippen molar-refractivity contribution in [1.82, 2.24) is 5.06 Å². The van der Waals surface area contributed by atoms with E-state index in [0.717, 1.165) is 5.06 Å². The van der Waals surface area contributed by atoms with Crippen molar-refractivity contribution in [1.29, 1.82) is 0 Å². The first kappa shape index (κ1) is 5.50. The summed E-state index contributed by atoms with van der Waals surface area (Å²) in [6.07, 6.45) is 0. The van der Waals surface area contributed by atoms with Crippen molar-refractivity contribution in [3.05, 3.63) is 12.3 Å². The van der Waals surface area contributed by atoms with E-state index >= 15 is 0 Å². The Bertz CT molecular complexity index is 58.6. The van der Waals surface area contributed by atoms with Crippen LogP contribution in [0.1, 0.15) is 6.92 Å². The lowest BCUT2D eigenvalue weighted by molar-refractivity contribution is -0.0271. The van der Waals surface area contributed by atoms with Crippen LogP contribution >= 0.6 is 0 Å². The van der Waals surface area contributed by atoms with Crippen LogP contribution < -0.4 is 0 Å². The zero-order valence-corrected chi connectivity index (χ0v) is 4.10. The molecule has 1 N–H and O–H groups in total. The molecule has 0 aliphatic heterocycles. The Balaban J connectivity index is 3.26. The van der Waals surface area contributed by atoms with Gasteiger partial charge >= 0.3 is 0 Å². The van der Waals surface area contributed by atoms with Gasteiger partial charge in [0.25, 0.3) is 0 Å². The zero-order chi connectivity index (χ0) is 5.15. The van der Waals surface area contributed by atoms with Crippen molar-refractivity contribution in [2.75, 3.05) is 7.05 Å². The van der Waals surface area contributed by atoms with E-state index in [1.807, 2.05) is 0 Å². The van der Waals surface area contributed by atoms with Gasteiger partial charge in [-0.1, -0.05) is 6.58 Å². The number of rotatable bonds is 1. The van der Waals surface area contributed by atoms with Gasteiger partial charge in [0.15, 0.2) is 0 Å². The Morgan fingerprint density at radius 3 is 2.00 bits per heavy atom. The van der Waals surface area contributed by atoms with Crippen LogP contribution in [-0.4, -0.2) is 17.3 Å². The molecule has 0 atom stereocenters. The summed E-state index contributed by atoms with van der Waals surface area (Å²) < 4.78 is 0. The smallest absolute Gasteiger partial charge is 0.0337 e. The van der Waals surface area contributed by atoms with Crippen molar-refractivity contribution in [2.24, 2.45) is 0 Å². The molecule has 0 saturated carbocycles. The van der Waals surface area contributed by atoms with Crippen LogP contribution in [0.2, 0.25) is 0 Å². The summed E-state index contributed by atoms with van der Waals surface area (Å²) in [4.78, 5) is 0. The molecular weight excluding hydrogens is 78.0 g/mol. The fourth-order valence-corrected chi connectivity index (χ4v) is 0. The SMILES string of the molecule is C=C(C)N(C)O. The van der Waals surface area contributed by atoms with Crippen molar-refractivity contribution in [3.8, 4) is 0 Å². The molecule has 0 bridgehead atoms. The molecule has 2 nitrogen and oxygen atoms in total. The predicted molar refractivity (Wildman–Crippen MR) is 24.4 cm³/mol. The van der Waals surface area contributed by atoms with Crippen LogP contribution in [0, 0.1) is 0 Å². The molecule has 0 unspecified atom stereocenters. The van der Waals surface area contributed by atoms with Crippen LogP contribution in [0.25, 0.3) is 0 Å². The van der Waals surface area contributed by atoms with Crippen LogP contribution in [0.15, 0.2) is 12.3 Å². The van der Waals surface area contributed by atoms with E-state index in [4.69, 9.17) is 5.21 Å². The average molecular weight is 87.1 g/mol. The van der Waals surface area contributed by atoms with Crippen LogP contribution in [0.5, 0.6) is 0 Å². The van der Waals surface area contributed by atoms with Gasteiger partial charge in [-0.15, -0.1) is 0 Å². The second kappa shape index (κ2) is 1.82. The highest BCUT2D eigenvalue weighted by molar-refractivity contribution is 4.79. The summed E-state index contributed by atoms with van der Waals surface area (Å²) in [6, 6.07) is 0. The van der Waals surface area contributed by atoms with Gasteiger partial charge in [-0.3, -0.25) is 10.3 Å². The van der Waals surface area contributed by atoms with E-state index in [0.29, 0.717) is 5.70 Å². The maximum Gasteiger partial charge on any atom is 0.0337 e. The third-order valence-corrected chi connectivity index (χ3v) is 0.552. The highest BCUT2D eigenvalue weighted by atomic mass is 16.5. The van der Waals surface area contributed by atoms with Crippen molar-refractivity contribution in [2.45, 2.75) is 6.92 Å². The number of hydroxylamine groups is 2. The third kappa shape index (κ3) is 1.79. The summed E-state index contributed by atoms with van der Waals surface area (Å²) in [6.45, 7) is 5.15. The molecule has 0 aliphatic rings. The molecule has 0 radical (unpaired) electrons. The number of nitrogens with zero attached hydrogens (tertiary/aromatic N) is 1. The minimum Gasteiger partial charge on any atom is -0.289 e. The molecule has 0 aliphatic carbocycles. The van der Waals surface area contributed by atoms with Gasteiger partial charge in [0, 0.05) is 12.7 Å². The van der Waals surface area contributed by atoms with Gasteiger partial charge in [-0.2, -0.15) is 0 Å². The fourth-order valence-electron chi connectivity index (χ4n) is 0. The van der Waals surface area contributed by atoms with Gasteiger partial charge in [0.2, 0.25) is 0 Å². The fraction of sp³-hybridized carbons (Fsp3) is 0.500. The molecule has 36 valence electrons. The number of hydrogen-bond acceptors (Lipinski definition) is 2. The summed E-state index contributed by atoms with van der Waals surface area (Å²) in [5.74, 6) is 0. The number of allylic oxidation sites excluding steroid dienone is 1. The van der Waals surface area contributed by atoms with Gasteiger partial charge in [0.05, 0.1) is 0 Å². The van der Waals surface area contributed by atoms with Crippen molar-refractivity contribution in [3.63, 3.8) is 0 Å². The molecule has 0 aromatic rings. The third-order valence-electron chi connectivity index (χ3n) is 0.552. The Hall–Kier alpha value is -0.500. The molecular formula is C4H9NO. The van der Waals surface area contributed by atoms with Gasteiger partial charge in [0.1, 0.15) is 0 Å². The summed E-state index contributed by atoms with van der Waals surface area (Å²) in [5.41, 5.74) is 0.648. The summed E-state index contributed by atoms with van der Waals surface area (Å²) in [7, 11) is 1.53. The van der Waals surface area contributed by atoms with E-state index in [1.165, 1.54) is 7.05 Å². The first-order valence-electron chi connectivity index (χ1n) is 1.72. The molecule has 0 amide bonds. The number of hydrogen-bond donors (Lipinski definition) is 1. The quantitative estimate of drug-likeness (QED) is 0.479. The molecule has 0 aromatic carbocycles. The molecule has 6 heavy (non-hydrogen) atoms. The maximum atomic E-state index is 8.36. The highest BCUT2D eigenvalue weighted by Gasteiger charge is 1.81. The molecule has 0 rings (SSSR count). The Labute approximate surface area is 37.7 Å². The summed E-state index contributed by atoms with van der Waals surface area (Å²) in [5, 5.41) is 9.34. The van der Waals surface area contributed by atoms with Gasteiger partial charge in [-0.25, -0.2) is 0 Å². The lowest BCUT2D eigenvalue weighted by Gasteiger charge is -2.05. The predicted octanol–water partition coefficient (Wildman–Crippen LogP) is 0.841. The van der Waals surface area contributed by atoms with E-state index in [2.05, 4.69) is 6.58 Å². The molecule has 0 spiro atoms.